The SMILES string of the molecule is CCOc1cc(C)ccc1NC1CCCNC(=O)C1. The van der Waals surface area contributed by atoms with Crippen LogP contribution >= 0.6 is 0 Å². The van der Waals surface area contributed by atoms with E-state index in [9.17, 15) is 4.79 Å². The summed E-state index contributed by atoms with van der Waals surface area (Å²) in [5.41, 5.74) is 2.15. The number of ether oxygens (including phenoxy) is 1. The molecule has 1 amide bonds. The standard InChI is InChI=1S/C15H22N2O2/c1-3-19-14-9-11(2)6-7-13(14)17-12-5-4-8-16-15(18)10-12/h6-7,9,12,17H,3-5,8,10H2,1-2H3,(H,16,18). The third-order valence-corrected chi connectivity index (χ3v) is 3.28. The maximum absolute atomic E-state index is 11.6. The highest BCUT2D eigenvalue weighted by Crippen LogP contribution is 2.27. The predicted octanol–water partition coefficient (Wildman–Crippen LogP) is 2.47. The molecular weight excluding hydrogens is 240 g/mol. The number of carbonyl (C=O) groups is 1. The van der Waals surface area contributed by atoms with E-state index >= 15 is 0 Å². The molecule has 2 rings (SSSR count). The molecule has 1 heterocycles. The molecule has 2 N–H and O–H groups in total. The van der Waals surface area contributed by atoms with E-state index in [-0.39, 0.29) is 11.9 Å². The highest BCUT2D eigenvalue weighted by Gasteiger charge is 2.18. The maximum Gasteiger partial charge on any atom is 0.222 e. The fourth-order valence-corrected chi connectivity index (χ4v) is 2.34. The van der Waals surface area contributed by atoms with Crippen LogP contribution in [0.3, 0.4) is 0 Å². The van der Waals surface area contributed by atoms with E-state index < -0.39 is 0 Å². The first kappa shape index (κ1) is 13.7. The molecule has 1 aliphatic rings. The second kappa shape index (κ2) is 6.45. The molecule has 1 aromatic rings. The second-order valence-corrected chi connectivity index (χ2v) is 4.97. The van der Waals surface area contributed by atoms with Crippen molar-refractivity contribution in [1.29, 1.82) is 0 Å². The molecule has 0 radical (unpaired) electrons. The summed E-state index contributed by atoms with van der Waals surface area (Å²) in [5, 5.41) is 6.35. The van der Waals surface area contributed by atoms with Gasteiger partial charge in [0.05, 0.1) is 12.3 Å². The summed E-state index contributed by atoms with van der Waals surface area (Å²) >= 11 is 0. The van der Waals surface area contributed by atoms with Crippen LogP contribution in [0.25, 0.3) is 0 Å². The minimum absolute atomic E-state index is 0.125. The lowest BCUT2D eigenvalue weighted by molar-refractivity contribution is -0.120. The average Bonchev–Trinajstić information content (AvgIpc) is 2.57. The van der Waals surface area contributed by atoms with E-state index in [1.165, 1.54) is 5.56 Å². The first-order valence-electron chi connectivity index (χ1n) is 6.95. The lowest BCUT2D eigenvalue weighted by atomic mass is 10.1. The maximum atomic E-state index is 11.6. The van der Waals surface area contributed by atoms with Gasteiger partial charge in [-0.3, -0.25) is 4.79 Å². The van der Waals surface area contributed by atoms with Crippen molar-refractivity contribution < 1.29 is 9.53 Å². The van der Waals surface area contributed by atoms with Crippen LogP contribution in [0, 0.1) is 6.92 Å². The van der Waals surface area contributed by atoms with Gasteiger partial charge in [0, 0.05) is 19.0 Å². The Morgan fingerprint density at radius 3 is 3.11 bits per heavy atom. The molecule has 1 atom stereocenters. The second-order valence-electron chi connectivity index (χ2n) is 4.97. The molecule has 0 saturated carbocycles. The highest BCUT2D eigenvalue weighted by atomic mass is 16.5. The zero-order valence-electron chi connectivity index (χ0n) is 11.7. The molecule has 104 valence electrons. The van der Waals surface area contributed by atoms with Gasteiger partial charge < -0.3 is 15.4 Å². The number of benzene rings is 1. The Morgan fingerprint density at radius 1 is 1.47 bits per heavy atom. The van der Waals surface area contributed by atoms with Gasteiger partial charge in [0.25, 0.3) is 0 Å². The van der Waals surface area contributed by atoms with Crippen LogP contribution in [0.4, 0.5) is 5.69 Å². The lowest BCUT2D eigenvalue weighted by Crippen LogP contribution is -2.27. The first-order chi connectivity index (χ1) is 9.19. The van der Waals surface area contributed by atoms with Gasteiger partial charge >= 0.3 is 0 Å². The normalized spacial score (nSPS) is 19.5. The first-order valence-corrected chi connectivity index (χ1v) is 6.95. The van der Waals surface area contributed by atoms with Crippen LogP contribution in [-0.2, 0) is 4.79 Å². The third kappa shape index (κ3) is 3.88. The number of aryl methyl sites for hydroxylation is 1. The smallest absolute Gasteiger partial charge is 0.222 e. The van der Waals surface area contributed by atoms with E-state index in [2.05, 4.69) is 16.7 Å². The van der Waals surface area contributed by atoms with Gasteiger partial charge in [-0.25, -0.2) is 0 Å². The Hall–Kier alpha value is -1.71. The van der Waals surface area contributed by atoms with Crippen LogP contribution in [0.1, 0.15) is 31.7 Å². The number of nitrogens with one attached hydrogen (secondary N) is 2. The summed E-state index contributed by atoms with van der Waals surface area (Å²) in [5.74, 6) is 0.993. The summed E-state index contributed by atoms with van der Waals surface area (Å²) in [7, 11) is 0. The third-order valence-electron chi connectivity index (χ3n) is 3.28. The molecule has 0 aromatic heterocycles. The summed E-state index contributed by atoms with van der Waals surface area (Å²) < 4.78 is 5.65. The molecule has 0 bridgehead atoms. The van der Waals surface area contributed by atoms with E-state index in [0.29, 0.717) is 13.0 Å². The fourth-order valence-electron chi connectivity index (χ4n) is 2.34. The Labute approximate surface area is 114 Å². The zero-order valence-corrected chi connectivity index (χ0v) is 11.7. The molecular formula is C15H22N2O2. The largest absolute Gasteiger partial charge is 0.492 e. The molecule has 1 saturated heterocycles. The molecule has 4 nitrogen and oxygen atoms in total. The molecule has 0 aliphatic carbocycles. The molecule has 1 fully saturated rings. The Kier molecular flexibility index (Phi) is 4.66. The number of anilines is 1. The Morgan fingerprint density at radius 2 is 2.32 bits per heavy atom. The minimum atomic E-state index is 0.125. The van der Waals surface area contributed by atoms with Crippen LogP contribution in [0.15, 0.2) is 18.2 Å². The number of hydrogen-bond acceptors (Lipinski definition) is 3. The van der Waals surface area contributed by atoms with Gasteiger partial charge in [-0.15, -0.1) is 0 Å². The molecule has 1 aromatic carbocycles. The van der Waals surface area contributed by atoms with E-state index in [1.54, 1.807) is 0 Å². The van der Waals surface area contributed by atoms with Gasteiger partial charge in [-0.05, 0) is 44.4 Å². The number of amides is 1. The van der Waals surface area contributed by atoms with Gasteiger partial charge in [-0.2, -0.15) is 0 Å². The summed E-state index contributed by atoms with van der Waals surface area (Å²) in [6.45, 7) is 5.45. The number of carbonyl (C=O) groups excluding carboxylic acids is 1. The summed E-state index contributed by atoms with van der Waals surface area (Å²) in [4.78, 5) is 11.6. The van der Waals surface area contributed by atoms with Crippen molar-refractivity contribution in [3.8, 4) is 5.75 Å². The van der Waals surface area contributed by atoms with Crippen molar-refractivity contribution in [2.24, 2.45) is 0 Å². The van der Waals surface area contributed by atoms with Gasteiger partial charge in [0.1, 0.15) is 5.75 Å². The topological polar surface area (TPSA) is 50.4 Å². The summed E-state index contributed by atoms with van der Waals surface area (Å²) in [6, 6.07) is 6.30. The van der Waals surface area contributed by atoms with Crippen molar-refractivity contribution in [3.63, 3.8) is 0 Å². The minimum Gasteiger partial charge on any atom is -0.492 e. The van der Waals surface area contributed by atoms with Crippen molar-refractivity contribution >= 4 is 11.6 Å². The molecule has 19 heavy (non-hydrogen) atoms. The van der Waals surface area contributed by atoms with E-state index in [1.807, 2.05) is 26.0 Å². The van der Waals surface area contributed by atoms with Gasteiger partial charge in [0.15, 0.2) is 0 Å². The average molecular weight is 262 g/mol. The summed E-state index contributed by atoms with van der Waals surface area (Å²) in [6.07, 6.45) is 2.54. The van der Waals surface area contributed by atoms with Crippen molar-refractivity contribution in [1.82, 2.24) is 5.32 Å². The zero-order chi connectivity index (χ0) is 13.7. The Bertz CT molecular complexity index is 446. The van der Waals surface area contributed by atoms with E-state index in [4.69, 9.17) is 4.74 Å². The van der Waals surface area contributed by atoms with Crippen molar-refractivity contribution in [2.75, 3.05) is 18.5 Å². The van der Waals surface area contributed by atoms with Gasteiger partial charge in [0.2, 0.25) is 5.91 Å². The molecule has 1 aliphatic heterocycles. The predicted molar refractivity (Wildman–Crippen MR) is 76.6 cm³/mol. The van der Waals surface area contributed by atoms with Crippen LogP contribution < -0.4 is 15.4 Å². The van der Waals surface area contributed by atoms with Crippen LogP contribution in [-0.4, -0.2) is 25.1 Å². The fraction of sp³-hybridized carbons (Fsp3) is 0.533. The van der Waals surface area contributed by atoms with E-state index in [0.717, 1.165) is 30.8 Å². The molecule has 4 heteroatoms. The van der Waals surface area contributed by atoms with Crippen LogP contribution in [0.2, 0.25) is 0 Å². The highest BCUT2D eigenvalue weighted by molar-refractivity contribution is 5.77. The Balaban J connectivity index is 2.10. The van der Waals surface area contributed by atoms with Gasteiger partial charge in [-0.1, -0.05) is 6.07 Å². The quantitative estimate of drug-likeness (QED) is 0.876. The lowest BCUT2D eigenvalue weighted by Gasteiger charge is -2.19. The van der Waals surface area contributed by atoms with Crippen LogP contribution in [0.5, 0.6) is 5.75 Å². The number of rotatable bonds is 4. The monoisotopic (exact) mass is 262 g/mol. The molecule has 1 unspecified atom stereocenters. The molecule has 0 spiro atoms. The van der Waals surface area contributed by atoms with Crippen molar-refractivity contribution in [2.45, 2.75) is 39.2 Å². The van der Waals surface area contributed by atoms with Crippen molar-refractivity contribution in [3.05, 3.63) is 23.8 Å². The number of hydrogen-bond donors (Lipinski definition) is 2.